The number of rotatable bonds is 5. The van der Waals surface area contributed by atoms with Crippen LogP contribution >= 0.6 is 11.6 Å². The van der Waals surface area contributed by atoms with Gasteiger partial charge >= 0.3 is 0 Å². The van der Waals surface area contributed by atoms with Crippen molar-refractivity contribution in [1.29, 1.82) is 0 Å². The van der Waals surface area contributed by atoms with Gasteiger partial charge in [-0.3, -0.25) is 0 Å². The van der Waals surface area contributed by atoms with Crippen molar-refractivity contribution in [1.82, 2.24) is 0 Å². The number of methoxy groups -OCH3 is 2. The van der Waals surface area contributed by atoms with Gasteiger partial charge in [0.25, 0.3) is 0 Å². The molecule has 1 aromatic carbocycles. The number of aryl methyl sites for hydroxylation is 1. The van der Waals surface area contributed by atoms with E-state index in [9.17, 15) is 0 Å². The van der Waals surface area contributed by atoms with Gasteiger partial charge in [-0.1, -0.05) is 6.92 Å². The van der Waals surface area contributed by atoms with E-state index in [0.29, 0.717) is 5.75 Å². The minimum absolute atomic E-state index is 0.374. The summed E-state index contributed by atoms with van der Waals surface area (Å²) in [6.07, 6.45) is 0.851. The van der Waals surface area contributed by atoms with Crippen LogP contribution in [0.2, 0.25) is 0 Å². The SMILES string of the molecule is CCc1ccc(C(Cl)c2ccc(OC)cc2OC)o1. The van der Waals surface area contributed by atoms with Crippen LogP contribution in [0.25, 0.3) is 0 Å². The third kappa shape index (κ3) is 2.87. The summed E-state index contributed by atoms with van der Waals surface area (Å²) in [6.45, 7) is 2.04. The predicted octanol–water partition coefficient (Wildman–Crippen LogP) is 4.19. The summed E-state index contributed by atoms with van der Waals surface area (Å²) in [6, 6.07) is 9.41. The average Bonchev–Trinajstić information content (AvgIpc) is 2.94. The second-order valence-corrected chi connectivity index (χ2v) is 4.56. The highest BCUT2D eigenvalue weighted by Crippen LogP contribution is 2.37. The van der Waals surface area contributed by atoms with Gasteiger partial charge in [0.05, 0.1) is 14.2 Å². The van der Waals surface area contributed by atoms with Crippen LogP contribution < -0.4 is 9.47 Å². The van der Waals surface area contributed by atoms with Crippen molar-refractivity contribution < 1.29 is 13.9 Å². The lowest BCUT2D eigenvalue weighted by Crippen LogP contribution is -1.97. The first-order valence-corrected chi connectivity index (χ1v) is 6.57. The van der Waals surface area contributed by atoms with Crippen molar-refractivity contribution >= 4 is 11.6 Å². The normalized spacial score (nSPS) is 12.2. The predicted molar refractivity (Wildman–Crippen MR) is 75.3 cm³/mol. The molecule has 102 valence electrons. The summed E-state index contributed by atoms with van der Waals surface area (Å²) in [5.74, 6) is 3.07. The Kier molecular flexibility index (Phi) is 4.38. The van der Waals surface area contributed by atoms with Crippen molar-refractivity contribution in [2.45, 2.75) is 18.7 Å². The van der Waals surface area contributed by atoms with E-state index in [1.165, 1.54) is 0 Å². The van der Waals surface area contributed by atoms with E-state index in [0.717, 1.165) is 29.3 Å². The monoisotopic (exact) mass is 280 g/mol. The maximum atomic E-state index is 6.47. The van der Waals surface area contributed by atoms with E-state index in [4.69, 9.17) is 25.5 Å². The molecule has 2 rings (SSSR count). The van der Waals surface area contributed by atoms with Gasteiger partial charge in [-0.25, -0.2) is 0 Å². The van der Waals surface area contributed by atoms with Crippen LogP contribution in [0.5, 0.6) is 11.5 Å². The van der Waals surface area contributed by atoms with Gasteiger partial charge in [-0.15, -0.1) is 11.6 Å². The van der Waals surface area contributed by atoms with E-state index in [2.05, 4.69) is 0 Å². The van der Waals surface area contributed by atoms with Gasteiger partial charge in [0, 0.05) is 18.1 Å². The number of hydrogen-bond donors (Lipinski definition) is 0. The van der Waals surface area contributed by atoms with Gasteiger partial charge in [0.15, 0.2) is 0 Å². The lowest BCUT2D eigenvalue weighted by Gasteiger charge is -2.13. The molecule has 1 aromatic heterocycles. The molecule has 0 amide bonds. The Morgan fingerprint density at radius 3 is 2.53 bits per heavy atom. The summed E-state index contributed by atoms with van der Waals surface area (Å²) in [5, 5.41) is -0.374. The standard InChI is InChI=1S/C15H17ClO3/c1-4-10-6-8-13(19-10)15(16)12-7-5-11(17-2)9-14(12)18-3/h5-9,15H,4H2,1-3H3. The fourth-order valence-electron chi connectivity index (χ4n) is 1.90. The molecule has 0 radical (unpaired) electrons. The fourth-order valence-corrected chi connectivity index (χ4v) is 2.20. The lowest BCUT2D eigenvalue weighted by atomic mass is 10.1. The van der Waals surface area contributed by atoms with E-state index in [-0.39, 0.29) is 5.38 Å². The summed E-state index contributed by atoms with van der Waals surface area (Å²) in [7, 11) is 3.23. The molecule has 0 aliphatic heterocycles. The van der Waals surface area contributed by atoms with Crippen LogP contribution in [-0.2, 0) is 6.42 Å². The molecule has 19 heavy (non-hydrogen) atoms. The minimum atomic E-state index is -0.374. The Morgan fingerprint density at radius 1 is 1.16 bits per heavy atom. The molecule has 1 atom stereocenters. The second-order valence-electron chi connectivity index (χ2n) is 4.13. The molecule has 0 saturated heterocycles. The van der Waals surface area contributed by atoms with E-state index >= 15 is 0 Å². The average molecular weight is 281 g/mol. The third-order valence-electron chi connectivity index (χ3n) is 2.99. The number of furan rings is 1. The summed E-state index contributed by atoms with van der Waals surface area (Å²) >= 11 is 6.47. The maximum Gasteiger partial charge on any atom is 0.127 e. The molecule has 0 saturated carbocycles. The Labute approximate surface area is 118 Å². The van der Waals surface area contributed by atoms with Crippen LogP contribution in [-0.4, -0.2) is 14.2 Å². The third-order valence-corrected chi connectivity index (χ3v) is 3.44. The molecule has 3 nitrogen and oxygen atoms in total. The molecule has 0 bridgehead atoms. The minimum Gasteiger partial charge on any atom is -0.497 e. The Balaban J connectivity index is 2.34. The molecular weight excluding hydrogens is 264 g/mol. The van der Waals surface area contributed by atoms with Crippen molar-refractivity contribution in [2.24, 2.45) is 0 Å². The van der Waals surface area contributed by atoms with Gasteiger partial charge in [0.1, 0.15) is 28.4 Å². The van der Waals surface area contributed by atoms with Crippen LogP contribution in [0.15, 0.2) is 34.7 Å². The van der Waals surface area contributed by atoms with Gasteiger partial charge in [-0.2, -0.15) is 0 Å². The highest BCUT2D eigenvalue weighted by atomic mass is 35.5. The Bertz CT molecular complexity index is 548. The highest BCUT2D eigenvalue weighted by molar-refractivity contribution is 6.22. The topological polar surface area (TPSA) is 31.6 Å². The molecule has 1 unspecified atom stereocenters. The lowest BCUT2D eigenvalue weighted by molar-refractivity contribution is 0.389. The smallest absolute Gasteiger partial charge is 0.127 e. The molecule has 0 aliphatic carbocycles. The van der Waals surface area contributed by atoms with Gasteiger partial charge < -0.3 is 13.9 Å². The number of benzene rings is 1. The van der Waals surface area contributed by atoms with Crippen LogP contribution in [0.4, 0.5) is 0 Å². The first-order valence-electron chi connectivity index (χ1n) is 6.14. The van der Waals surface area contributed by atoms with E-state index in [1.807, 2.05) is 37.3 Å². The van der Waals surface area contributed by atoms with Crippen LogP contribution in [0.3, 0.4) is 0 Å². The molecule has 4 heteroatoms. The van der Waals surface area contributed by atoms with Crippen molar-refractivity contribution in [3.8, 4) is 11.5 Å². The fraction of sp³-hybridized carbons (Fsp3) is 0.333. The number of hydrogen-bond acceptors (Lipinski definition) is 3. The molecule has 0 aliphatic rings. The van der Waals surface area contributed by atoms with Crippen LogP contribution in [0.1, 0.15) is 29.4 Å². The van der Waals surface area contributed by atoms with Crippen LogP contribution in [0, 0.1) is 0 Å². The zero-order valence-electron chi connectivity index (χ0n) is 11.3. The first kappa shape index (κ1) is 13.8. The highest BCUT2D eigenvalue weighted by Gasteiger charge is 2.19. The summed E-state index contributed by atoms with van der Waals surface area (Å²) < 4.78 is 16.2. The largest absolute Gasteiger partial charge is 0.497 e. The van der Waals surface area contributed by atoms with E-state index < -0.39 is 0 Å². The molecular formula is C15H17ClO3. The summed E-state index contributed by atoms with van der Waals surface area (Å²) in [4.78, 5) is 0. The van der Waals surface area contributed by atoms with Crippen molar-refractivity contribution in [3.63, 3.8) is 0 Å². The first-order chi connectivity index (χ1) is 9.19. The molecule has 0 fully saturated rings. The van der Waals surface area contributed by atoms with Gasteiger partial charge in [0.2, 0.25) is 0 Å². The zero-order chi connectivity index (χ0) is 13.8. The zero-order valence-corrected chi connectivity index (χ0v) is 12.0. The van der Waals surface area contributed by atoms with Crippen molar-refractivity contribution in [2.75, 3.05) is 14.2 Å². The number of ether oxygens (including phenoxy) is 2. The number of halogens is 1. The van der Waals surface area contributed by atoms with Gasteiger partial charge in [-0.05, 0) is 24.3 Å². The molecule has 0 spiro atoms. The summed E-state index contributed by atoms with van der Waals surface area (Å²) in [5.41, 5.74) is 0.863. The molecule has 1 heterocycles. The maximum absolute atomic E-state index is 6.47. The van der Waals surface area contributed by atoms with E-state index in [1.54, 1.807) is 14.2 Å². The molecule has 0 N–H and O–H groups in total. The van der Waals surface area contributed by atoms with Crippen molar-refractivity contribution in [3.05, 3.63) is 47.4 Å². The Morgan fingerprint density at radius 2 is 1.95 bits per heavy atom. The molecule has 2 aromatic rings. The Hall–Kier alpha value is -1.61. The number of alkyl halides is 1. The second kappa shape index (κ2) is 6.02. The quantitative estimate of drug-likeness (QED) is 0.770.